The Bertz CT molecular complexity index is 240. The van der Waals surface area contributed by atoms with Crippen molar-refractivity contribution in [3.8, 4) is 0 Å². The van der Waals surface area contributed by atoms with Crippen LogP contribution in [0.2, 0.25) is 0 Å². The summed E-state index contributed by atoms with van der Waals surface area (Å²) in [4.78, 5) is 40.2. The van der Waals surface area contributed by atoms with Crippen molar-refractivity contribution in [2.75, 3.05) is 0 Å². The Morgan fingerprint density at radius 1 is 1.07 bits per heavy atom. The zero-order valence-corrected chi connectivity index (χ0v) is 9.01. The summed E-state index contributed by atoms with van der Waals surface area (Å²) in [5, 5.41) is 15.3. The number of phosphoric acid groups is 1. The summed E-state index contributed by atoms with van der Waals surface area (Å²) in [7, 11) is -4.64. The van der Waals surface area contributed by atoms with Crippen LogP contribution in [-0.2, 0) is 14.2 Å². The number of aliphatic carboxylic acids is 2. The van der Waals surface area contributed by atoms with Crippen molar-refractivity contribution >= 4 is 19.8 Å². The molecule has 0 bridgehead atoms. The molecule has 15 heavy (non-hydrogen) atoms. The number of carboxylic acid groups (broad SMARTS) is 2. The minimum Gasteiger partial charge on any atom is -0.481 e. The largest absolute Gasteiger partial charge is 0.481 e. The highest BCUT2D eigenvalue weighted by atomic mass is 31.2. The lowest BCUT2D eigenvalue weighted by molar-refractivity contribution is -0.134. The molecule has 9 heteroatoms. The standard InChI is InChI=1S/C4H6O2.C2H4O2.H3O4P/c1-3(2)4(5)6;1-2(3)4;1-5(2,3)4/h1H2,2H3,(H,5,6);1H3,(H,3,4);(H3,1,2,3,4). The van der Waals surface area contributed by atoms with Gasteiger partial charge in [-0.05, 0) is 6.92 Å². The molecule has 0 heterocycles. The first-order valence-electron chi connectivity index (χ1n) is 3.24. The Morgan fingerprint density at radius 3 is 1.13 bits per heavy atom. The molecule has 0 aromatic heterocycles. The van der Waals surface area contributed by atoms with Crippen molar-refractivity contribution in [1.29, 1.82) is 0 Å². The Morgan fingerprint density at radius 2 is 1.13 bits per heavy atom. The molecule has 5 N–H and O–H groups in total. The summed E-state index contributed by atoms with van der Waals surface area (Å²) in [6, 6.07) is 0. The Hall–Kier alpha value is -1.21. The first kappa shape index (κ1) is 19.4. The zero-order chi connectivity index (χ0) is 13.2. The van der Waals surface area contributed by atoms with Crippen LogP contribution in [0.4, 0.5) is 0 Å². The Kier molecular flexibility index (Phi) is 12.1. The van der Waals surface area contributed by atoms with Crippen molar-refractivity contribution in [1.82, 2.24) is 0 Å². The minimum atomic E-state index is -4.64. The molecule has 0 fully saturated rings. The van der Waals surface area contributed by atoms with E-state index in [4.69, 9.17) is 34.3 Å². The van der Waals surface area contributed by atoms with Crippen molar-refractivity contribution in [2.24, 2.45) is 0 Å². The second kappa shape index (κ2) is 9.35. The number of carboxylic acids is 2. The van der Waals surface area contributed by atoms with E-state index in [1.165, 1.54) is 6.92 Å². The van der Waals surface area contributed by atoms with Crippen LogP contribution < -0.4 is 0 Å². The lowest BCUT2D eigenvalue weighted by Gasteiger charge is -1.82. The summed E-state index contributed by atoms with van der Waals surface area (Å²) in [5.74, 6) is -1.77. The third-order valence-corrected chi connectivity index (χ3v) is 0.365. The van der Waals surface area contributed by atoms with Gasteiger partial charge in [0, 0.05) is 12.5 Å². The van der Waals surface area contributed by atoms with Crippen LogP contribution in [0.5, 0.6) is 0 Å². The molecule has 0 radical (unpaired) electrons. The fraction of sp³-hybridized carbons (Fsp3) is 0.333. The molecule has 0 unspecified atom stereocenters. The van der Waals surface area contributed by atoms with Gasteiger partial charge >= 0.3 is 13.8 Å². The second-order valence-electron chi connectivity index (χ2n) is 2.12. The highest BCUT2D eigenvalue weighted by Gasteiger charge is 2.00. The maximum Gasteiger partial charge on any atom is 0.466 e. The molecule has 0 atom stereocenters. The van der Waals surface area contributed by atoms with E-state index in [-0.39, 0.29) is 5.57 Å². The molecule has 0 rings (SSSR count). The van der Waals surface area contributed by atoms with Gasteiger partial charge in [-0.15, -0.1) is 0 Å². The van der Waals surface area contributed by atoms with Gasteiger partial charge in [-0.25, -0.2) is 9.36 Å². The minimum absolute atomic E-state index is 0.176. The van der Waals surface area contributed by atoms with Gasteiger partial charge in [0.2, 0.25) is 0 Å². The summed E-state index contributed by atoms with van der Waals surface area (Å²) in [6.45, 7) is 5.69. The third kappa shape index (κ3) is 191. The van der Waals surface area contributed by atoms with Crippen molar-refractivity contribution in [3.63, 3.8) is 0 Å². The fourth-order valence-corrected chi connectivity index (χ4v) is 0. The summed E-state index contributed by atoms with van der Waals surface area (Å²) < 4.78 is 8.88. The van der Waals surface area contributed by atoms with Crippen molar-refractivity contribution in [3.05, 3.63) is 12.2 Å². The number of hydrogen-bond acceptors (Lipinski definition) is 3. The quantitative estimate of drug-likeness (QED) is 0.314. The Labute approximate surface area is 85.7 Å². The van der Waals surface area contributed by atoms with Crippen molar-refractivity contribution in [2.45, 2.75) is 13.8 Å². The zero-order valence-electron chi connectivity index (χ0n) is 8.12. The van der Waals surface area contributed by atoms with Crippen LogP contribution in [0.3, 0.4) is 0 Å². The summed E-state index contributed by atoms with van der Waals surface area (Å²) >= 11 is 0. The average molecular weight is 244 g/mol. The maximum atomic E-state index is 9.60. The molecule has 0 saturated heterocycles. The SMILES string of the molecule is C=C(C)C(=O)O.CC(=O)O.O=P(O)(O)O. The molecule has 90 valence electrons. The monoisotopic (exact) mass is 244 g/mol. The predicted molar refractivity (Wildman–Crippen MR) is 50.0 cm³/mol. The smallest absolute Gasteiger partial charge is 0.466 e. The number of rotatable bonds is 1. The topological polar surface area (TPSA) is 152 Å². The van der Waals surface area contributed by atoms with E-state index >= 15 is 0 Å². The van der Waals surface area contributed by atoms with Gasteiger partial charge in [0.1, 0.15) is 0 Å². The molecule has 0 aromatic carbocycles. The van der Waals surface area contributed by atoms with E-state index in [2.05, 4.69) is 6.58 Å². The van der Waals surface area contributed by atoms with E-state index in [0.717, 1.165) is 6.92 Å². The highest BCUT2D eigenvalue weighted by Crippen LogP contribution is 2.25. The molecule has 0 spiro atoms. The van der Waals surface area contributed by atoms with Crippen LogP contribution in [0, 0.1) is 0 Å². The van der Waals surface area contributed by atoms with Crippen molar-refractivity contribution < 1.29 is 39.0 Å². The number of hydrogen-bond donors (Lipinski definition) is 5. The normalized spacial score (nSPS) is 8.60. The molecule has 0 aliphatic carbocycles. The van der Waals surface area contributed by atoms with Gasteiger partial charge < -0.3 is 24.9 Å². The second-order valence-corrected chi connectivity index (χ2v) is 3.14. The van der Waals surface area contributed by atoms with E-state index in [9.17, 15) is 4.79 Å². The molecule has 0 saturated carbocycles. The van der Waals surface area contributed by atoms with E-state index in [0.29, 0.717) is 0 Å². The molecule has 8 nitrogen and oxygen atoms in total. The molecule has 0 aliphatic heterocycles. The molecular formula is C6H13O8P. The summed E-state index contributed by atoms with van der Waals surface area (Å²) in [5.41, 5.74) is 0.176. The van der Waals surface area contributed by atoms with Crippen LogP contribution in [0.1, 0.15) is 13.8 Å². The van der Waals surface area contributed by atoms with Gasteiger partial charge in [0.15, 0.2) is 0 Å². The van der Waals surface area contributed by atoms with Gasteiger partial charge in [0.25, 0.3) is 5.97 Å². The summed E-state index contributed by atoms with van der Waals surface area (Å²) in [6.07, 6.45) is 0. The molecule has 0 aliphatic rings. The Balaban J connectivity index is -0.000000147. The van der Waals surface area contributed by atoms with Crippen LogP contribution in [-0.4, -0.2) is 36.8 Å². The van der Waals surface area contributed by atoms with Gasteiger partial charge in [0.05, 0.1) is 0 Å². The molecule has 0 aromatic rings. The van der Waals surface area contributed by atoms with Crippen LogP contribution in [0.15, 0.2) is 12.2 Å². The molecule has 0 amide bonds. The fourth-order valence-electron chi connectivity index (χ4n) is 0. The third-order valence-electron chi connectivity index (χ3n) is 0.365. The first-order valence-corrected chi connectivity index (χ1v) is 4.81. The van der Waals surface area contributed by atoms with E-state index in [1.807, 2.05) is 0 Å². The molecular weight excluding hydrogens is 231 g/mol. The lowest BCUT2D eigenvalue weighted by Crippen LogP contribution is -1.92. The van der Waals surface area contributed by atoms with E-state index in [1.54, 1.807) is 0 Å². The van der Waals surface area contributed by atoms with Gasteiger partial charge in [-0.1, -0.05) is 6.58 Å². The van der Waals surface area contributed by atoms with Gasteiger partial charge in [-0.2, -0.15) is 0 Å². The van der Waals surface area contributed by atoms with Crippen LogP contribution >= 0.6 is 7.82 Å². The lowest BCUT2D eigenvalue weighted by atomic mass is 10.4. The number of carbonyl (C=O) groups is 2. The van der Waals surface area contributed by atoms with Crippen LogP contribution in [0.25, 0.3) is 0 Å². The maximum absolute atomic E-state index is 9.60. The van der Waals surface area contributed by atoms with E-state index < -0.39 is 19.8 Å². The highest BCUT2D eigenvalue weighted by molar-refractivity contribution is 7.45. The first-order chi connectivity index (χ1) is 6.37. The van der Waals surface area contributed by atoms with Gasteiger partial charge in [-0.3, -0.25) is 4.79 Å². The average Bonchev–Trinajstić information content (AvgIpc) is 1.80. The predicted octanol–water partition coefficient (Wildman–Crippen LogP) is -0.191.